The lowest BCUT2D eigenvalue weighted by Gasteiger charge is -2.21. The lowest BCUT2D eigenvalue weighted by atomic mass is 10.1. The topological polar surface area (TPSA) is 129 Å². The number of hydrogen-bond acceptors (Lipinski definition) is 9. The number of halogens is 1. The van der Waals surface area contributed by atoms with Crippen LogP contribution >= 0.6 is 11.8 Å². The van der Waals surface area contributed by atoms with E-state index in [1.54, 1.807) is 16.7 Å². The average molecular weight is 407 g/mol. The predicted molar refractivity (Wildman–Crippen MR) is 98.1 cm³/mol. The molecule has 0 radical (unpaired) electrons. The number of methoxy groups -OCH3 is 1. The molecule has 0 saturated carbocycles. The quantitative estimate of drug-likeness (QED) is 0.566. The molecule has 4 rings (SSSR count). The van der Waals surface area contributed by atoms with Crippen LogP contribution in [0.1, 0.15) is 6.23 Å². The third kappa shape index (κ3) is 3.20. The van der Waals surface area contributed by atoms with Crippen molar-refractivity contribution in [2.45, 2.75) is 34.6 Å². The molecule has 1 aliphatic rings. The van der Waals surface area contributed by atoms with E-state index in [0.717, 1.165) is 4.90 Å². The van der Waals surface area contributed by atoms with E-state index in [1.807, 2.05) is 0 Å². The molecule has 1 aliphatic heterocycles. The van der Waals surface area contributed by atoms with E-state index in [-0.39, 0.29) is 18.2 Å². The number of nitrogens with two attached hydrogens (primary N) is 1. The number of benzene rings is 1. The van der Waals surface area contributed by atoms with Gasteiger partial charge in [0.2, 0.25) is 0 Å². The fourth-order valence-corrected chi connectivity index (χ4v) is 4.06. The Bertz CT molecular complexity index is 986. The number of fused-ring (bicyclic) bond motifs is 1. The summed E-state index contributed by atoms with van der Waals surface area (Å²) >= 11 is 1.25. The minimum Gasteiger partial charge on any atom is -0.394 e. The highest BCUT2D eigenvalue weighted by molar-refractivity contribution is 7.99. The summed E-state index contributed by atoms with van der Waals surface area (Å²) in [5, 5.41) is 20.4. The van der Waals surface area contributed by atoms with E-state index >= 15 is 0 Å². The van der Waals surface area contributed by atoms with E-state index in [0.29, 0.717) is 16.3 Å². The predicted octanol–water partition coefficient (Wildman–Crippen LogP) is 0.964. The Morgan fingerprint density at radius 1 is 1.32 bits per heavy atom. The zero-order valence-electron chi connectivity index (χ0n) is 14.8. The number of imidazole rings is 1. The summed E-state index contributed by atoms with van der Waals surface area (Å²) in [6, 6.07) is 5.93. The first-order valence-corrected chi connectivity index (χ1v) is 9.24. The van der Waals surface area contributed by atoms with Gasteiger partial charge in [-0.3, -0.25) is 4.57 Å². The molecule has 148 valence electrons. The molecule has 2 aromatic heterocycles. The molecule has 1 saturated heterocycles. The van der Waals surface area contributed by atoms with Gasteiger partial charge >= 0.3 is 0 Å². The van der Waals surface area contributed by atoms with E-state index in [4.69, 9.17) is 15.2 Å². The van der Waals surface area contributed by atoms with Gasteiger partial charge < -0.3 is 25.4 Å². The van der Waals surface area contributed by atoms with Crippen LogP contribution in [0.25, 0.3) is 11.2 Å². The summed E-state index contributed by atoms with van der Waals surface area (Å²) in [5.74, 6) is -0.156. The molecule has 0 amide bonds. The van der Waals surface area contributed by atoms with Gasteiger partial charge in [-0.2, -0.15) is 0 Å². The molecule has 0 aliphatic carbocycles. The van der Waals surface area contributed by atoms with Gasteiger partial charge in [0, 0.05) is 12.0 Å². The Balaban J connectivity index is 1.83. The number of aliphatic hydroxyl groups excluding tert-OH is 2. The maximum atomic E-state index is 13.2. The molecule has 0 spiro atoms. The van der Waals surface area contributed by atoms with Crippen LogP contribution in [0.3, 0.4) is 0 Å². The second kappa shape index (κ2) is 7.60. The SMILES string of the molecule is CO[C@@H]1[C@H](O)[C@@H](CO)O[C@H]1n1c(Sc2ccc(F)cc2)nc2c(N)ncnc21. The molecule has 3 heterocycles. The monoisotopic (exact) mass is 407 g/mol. The standard InChI is InChI=1S/C17H18FN5O4S/c1-26-13-12(25)10(6-24)27-16(13)23-15-11(14(19)20-7-21-15)22-17(23)28-9-4-2-8(18)3-5-9/h2-5,7,10,12-13,16,24-25H,6H2,1H3,(H2,19,20,21)/t10-,12-,13-,16-/m1/s1. The number of anilines is 1. The van der Waals surface area contributed by atoms with Crippen LogP contribution in [0.5, 0.6) is 0 Å². The Labute approximate surface area is 163 Å². The number of aromatic nitrogens is 4. The number of aliphatic hydroxyl groups is 2. The Kier molecular flexibility index (Phi) is 5.17. The molecular weight excluding hydrogens is 389 g/mol. The highest BCUT2D eigenvalue weighted by Crippen LogP contribution is 2.39. The minimum atomic E-state index is -1.04. The first-order chi connectivity index (χ1) is 13.5. The van der Waals surface area contributed by atoms with E-state index in [2.05, 4.69) is 15.0 Å². The highest BCUT2D eigenvalue weighted by atomic mass is 32.2. The molecule has 9 nitrogen and oxygen atoms in total. The maximum Gasteiger partial charge on any atom is 0.177 e. The van der Waals surface area contributed by atoms with Crippen LogP contribution in [-0.4, -0.2) is 61.8 Å². The second-order valence-corrected chi connectivity index (χ2v) is 7.23. The summed E-state index contributed by atoms with van der Waals surface area (Å²) < 4.78 is 26.2. The van der Waals surface area contributed by atoms with Crippen molar-refractivity contribution in [1.82, 2.24) is 19.5 Å². The molecule has 28 heavy (non-hydrogen) atoms. The third-order valence-electron chi connectivity index (χ3n) is 4.52. The summed E-state index contributed by atoms with van der Waals surface area (Å²) in [6.45, 7) is -0.373. The van der Waals surface area contributed by atoms with Crippen molar-refractivity contribution in [1.29, 1.82) is 0 Å². The number of rotatable bonds is 5. The first-order valence-electron chi connectivity index (χ1n) is 8.42. The van der Waals surface area contributed by atoms with E-state index in [9.17, 15) is 14.6 Å². The van der Waals surface area contributed by atoms with Crippen molar-refractivity contribution < 1.29 is 24.1 Å². The van der Waals surface area contributed by atoms with Gasteiger partial charge in [0.15, 0.2) is 28.4 Å². The molecule has 3 aromatic rings. The van der Waals surface area contributed by atoms with Crippen LogP contribution in [0.2, 0.25) is 0 Å². The van der Waals surface area contributed by atoms with Crippen molar-refractivity contribution >= 4 is 28.7 Å². The van der Waals surface area contributed by atoms with E-state index in [1.165, 1.54) is 37.3 Å². The molecule has 4 N–H and O–H groups in total. The summed E-state index contributed by atoms with van der Waals surface area (Å²) in [6.07, 6.45) is -2.13. The number of ether oxygens (including phenoxy) is 2. The van der Waals surface area contributed by atoms with Gasteiger partial charge in [0.1, 0.15) is 30.5 Å². The van der Waals surface area contributed by atoms with Crippen molar-refractivity contribution in [2.24, 2.45) is 0 Å². The second-order valence-electron chi connectivity index (χ2n) is 6.19. The lowest BCUT2D eigenvalue weighted by Crippen LogP contribution is -2.34. The van der Waals surface area contributed by atoms with Crippen LogP contribution in [0.4, 0.5) is 10.2 Å². The molecule has 0 unspecified atom stereocenters. The fraction of sp³-hybridized carbons (Fsp3) is 0.353. The highest BCUT2D eigenvalue weighted by Gasteiger charge is 2.46. The van der Waals surface area contributed by atoms with Gasteiger partial charge in [-0.1, -0.05) is 11.8 Å². The zero-order chi connectivity index (χ0) is 19.8. The van der Waals surface area contributed by atoms with Gasteiger partial charge in [0.25, 0.3) is 0 Å². The van der Waals surface area contributed by atoms with Crippen LogP contribution in [-0.2, 0) is 9.47 Å². The van der Waals surface area contributed by atoms with Gasteiger partial charge in [0.05, 0.1) is 6.61 Å². The van der Waals surface area contributed by atoms with Gasteiger partial charge in [-0.05, 0) is 24.3 Å². The largest absolute Gasteiger partial charge is 0.394 e. The Morgan fingerprint density at radius 3 is 2.75 bits per heavy atom. The summed E-state index contributed by atoms with van der Waals surface area (Å²) in [7, 11) is 1.44. The average Bonchev–Trinajstić information content (AvgIpc) is 3.21. The number of nitrogens with zero attached hydrogens (tertiary/aromatic N) is 4. The number of nitrogen functional groups attached to an aromatic ring is 1. The van der Waals surface area contributed by atoms with Crippen molar-refractivity contribution in [3.8, 4) is 0 Å². The van der Waals surface area contributed by atoms with Crippen molar-refractivity contribution in [2.75, 3.05) is 19.5 Å². The first kappa shape index (κ1) is 19.0. The third-order valence-corrected chi connectivity index (χ3v) is 5.49. The van der Waals surface area contributed by atoms with Gasteiger partial charge in [-0.25, -0.2) is 19.3 Å². The molecule has 11 heteroatoms. The molecule has 4 atom stereocenters. The minimum absolute atomic E-state index is 0.191. The normalized spacial score (nSPS) is 24.9. The molecule has 1 aromatic carbocycles. The van der Waals surface area contributed by atoms with Crippen LogP contribution < -0.4 is 5.73 Å². The van der Waals surface area contributed by atoms with Crippen LogP contribution in [0, 0.1) is 5.82 Å². The van der Waals surface area contributed by atoms with Crippen LogP contribution in [0.15, 0.2) is 40.6 Å². The van der Waals surface area contributed by atoms with E-state index < -0.39 is 24.5 Å². The fourth-order valence-electron chi connectivity index (χ4n) is 3.15. The number of hydrogen-bond donors (Lipinski definition) is 3. The Morgan fingerprint density at radius 2 is 2.07 bits per heavy atom. The molecule has 0 bridgehead atoms. The Hall–Kier alpha value is -2.31. The molecular formula is C17H18FN5O4S. The van der Waals surface area contributed by atoms with Gasteiger partial charge in [-0.15, -0.1) is 0 Å². The lowest BCUT2D eigenvalue weighted by molar-refractivity contribution is -0.0623. The van der Waals surface area contributed by atoms with Crippen molar-refractivity contribution in [3.05, 3.63) is 36.4 Å². The summed E-state index contributed by atoms with van der Waals surface area (Å²) in [4.78, 5) is 13.5. The summed E-state index contributed by atoms with van der Waals surface area (Å²) in [5.41, 5.74) is 6.72. The van der Waals surface area contributed by atoms with Crippen molar-refractivity contribution in [3.63, 3.8) is 0 Å². The maximum absolute atomic E-state index is 13.2. The smallest absolute Gasteiger partial charge is 0.177 e. The molecule has 1 fully saturated rings. The zero-order valence-corrected chi connectivity index (χ0v) is 15.6.